The Bertz CT molecular complexity index is 273. The topological polar surface area (TPSA) is 40.7 Å². The lowest BCUT2D eigenvalue weighted by molar-refractivity contribution is 0.398. The number of rotatable bonds is 4. The van der Waals surface area contributed by atoms with E-state index in [4.69, 9.17) is 0 Å². The van der Waals surface area contributed by atoms with Gasteiger partial charge < -0.3 is 10.3 Å². The van der Waals surface area contributed by atoms with Crippen LogP contribution in [0.4, 0.5) is 0 Å². The number of nitrogens with one attached hydrogen (secondary N) is 2. The third kappa shape index (κ3) is 3.34. The molecule has 0 amide bonds. The number of nitrogens with zero attached hydrogens (tertiary/aromatic N) is 1. The van der Waals surface area contributed by atoms with Crippen molar-refractivity contribution in [3.05, 3.63) is 18.2 Å². The van der Waals surface area contributed by atoms with E-state index in [1.165, 1.54) is 38.5 Å². The molecule has 1 heterocycles. The number of imidazole rings is 1. The SMILES string of the molecule is CC(NCC1CCCCCC1)c1ncc[nH]1. The van der Waals surface area contributed by atoms with Gasteiger partial charge in [-0.15, -0.1) is 0 Å². The third-order valence-corrected chi connectivity index (χ3v) is 3.62. The first-order valence-electron chi connectivity index (χ1n) is 6.59. The molecule has 0 bridgehead atoms. The maximum atomic E-state index is 4.28. The number of H-pyrrole nitrogens is 1. The molecule has 1 aliphatic carbocycles. The molecule has 90 valence electrons. The van der Waals surface area contributed by atoms with Gasteiger partial charge in [-0.2, -0.15) is 0 Å². The fraction of sp³-hybridized carbons (Fsp3) is 0.769. The quantitative estimate of drug-likeness (QED) is 0.767. The number of aromatic amines is 1. The smallest absolute Gasteiger partial charge is 0.122 e. The van der Waals surface area contributed by atoms with Crippen LogP contribution in [0.1, 0.15) is 57.3 Å². The molecule has 16 heavy (non-hydrogen) atoms. The van der Waals surface area contributed by atoms with Gasteiger partial charge in [0, 0.05) is 12.4 Å². The van der Waals surface area contributed by atoms with Crippen LogP contribution in [0.15, 0.2) is 12.4 Å². The molecular weight excluding hydrogens is 198 g/mol. The molecule has 0 aromatic carbocycles. The minimum atomic E-state index is 0.346. The van der Waals surface area contributed by atoms with Gasteiger partial charge in [-0.3, -0.25) is 0 Å². The van der Waals surface area contributed by atoms with Crippen LogP contribution in [0.5, 0.6) is 0 Å². The van der Waals surface area contributed by atoms with Gasteiger partial charge in [0.05, 0.1) is 6.04 Å². The Morgan fingerprint density at radius 1 is 1.38 bits per heavy atom. The first-order chi connectivity index (χ1) is 7.86. The molecule has 3 nitrogen and oxygen atoms in total. The van der Waals surface area contributed by atoms with Gasteiger partial charge in [-0.05, 0) is 32.2 Å². The summed E-state index contributed by atoms with van der Waals surface area (Å²) in [5.41, 5.74) is 0. The van der Waals surface area contributed by atoms with Crippen molar-refractivity contribution in [1.29, 1.82) is 0 Å². The standard InChI is InChI=1S/C13H23N3/c1-11(13-14-8-9-15-13)16-10-12-6-4-2-3-5-7-12/h8-9,11-12,16H,2-7,10H2,1H3,(H,14,15). The summed E-state index contributed by atoms with van der Waals surface area (Å²) < 4.78 is 0. The largest absolute Gasteiger partial charge is 0.347 e. The lowest BCUT2D eigenvalue weighted by Gasteiger charge is -2.18. The van der Waals surface area contributed by atoms with Crippen LogP contribution >= 0.6 is 0 Å². The third-order valence-electron chi connectivity index (χ3n) is 3.62. The monoisotopic (exact) mass is 221 g/mol. The molecule has 2 N–H and O–H groups in total. The summed E-state index contributed by atoms with van der Waals surface area (Å²) in [6.07, 6.45) is 12.2. The Morgan fingerprint density at radius 2 is 2.12 bits per heavy atom. The van der Waals surface area contributed by atoms with Crippen molar-refractivity contribution in [1.82, 2.24) is 15.3 Å². The van der Waals surface area contributed by atoms with E-state index in [0.717, 1.165) is 18.3 Å². The molecule has 1 aromatic rings. The summed E-state index contributed by atoms with van der Waals surface area (Å²) in [5, 5.41) is 3.59. The molecule has 1 atom stereocenters. The second-order valence-electron chi connectivity index (χ2n) is 4.96. The van der Waals surface area contributed by atoms with Gasteiger partial charge in [0.25, 0.3) is 0 Å². The minimum absolute atomic E-state index is 0.346. The highest BCUT2D eigenvalue weighted by Gasteiger charge is 2.14. The average molecular weight is 221 g/mol. The summed E-state index contributed by atoms with van der Waals surface area (Å²) in [4.78, 5) is 7.44. The van der Waals surface area contributed by atoms with Crippen molar-refractivity contribution >= 4 is 0 Å². The average Bonchev–Trinajstić information content (AvgIpc) is 2.71. The van der Waals surface area contributed by atoms with Gasteiger partial charge >= 0.3 is 0 Å². The molecule has 0 aliphatic heterocycles. The summed E-state index contributed by atoms with van der Waals surface area (Å²) in [6, 6.07) is 0.346. The molecule has 1 saturated carbocycles. The fourth-order valence-corrected chi connectivity index (χ4v) is 2.52. The zero-order valence-electron chi connectivity index (χ0n) is 10.2. The second-order valence-corrected chi connectivity index (χ2v) is 4.96. The Hall–Kier alpha value is -0.830. The zero-order valence-corrected chi connectivity index (χ0v) is 10.2. The maximum absolute atomic E-state index is 4.28. The number of hydrogen-bond donors (Lipinski definition) is 2. The first-order valence-corrected chi connectivity index (χ1v) is 6.59. The minimum Gasteiger partial charge on any atom is -0.347 e. The fourth-order valence-electron chi connectivity index (χ4n) is 2.52. The van der Waals surface area contributed by atoms with Gasteiger partial charge in [0.15, 0.2) is 0 Å². The lowest BCUT2D eigenvalue weighted by Crippen LogP contribution is -2.26. The molecule has 0 spiro atoms. The van der Waals surface area contributed by atoms with Crippen LogP contribution in [-0.4, -0.2) is 16.5 Å². The Balaban J connectivity index is 1.73. The Labute approximate surface area is 98.1 Å². The van der Waals surface area contributed by atoms with Crippen molar-refractivity contribution in [2.24, 2.45) is 5.92 Å². The van der Waals surface area contributed by atoms with Crippen LogP contribution in [0.25, 0.3) is 0 Å². The molecule has 0 radical (unpaired) electrons. The molecule has 1 unspecified atom stereocenters. The van der Waals surface area contributed by atoms with E-state index in [2.05, 4.69) is 22.2 Å². The van der Waals surface area contributed by atoms with Gasteiger partial charge in [-0.25, -0.2) is 4.98 Å². The van der Waals surface area contributed by atoms with E-state index in [9.17, 15) is 0 Å². The van der Waals surface area contributed by atoms with Crippen molar-refractivity contribution in [2.75, 3.05) is 6.54 Å². The summed E-state index contributed by atoms with van der Waals surface area (Å²) in [6.45, 7) is 3.32. The predicted octanol–water partition coefficient (Wildman–Crippen LogP) is 3.03. The van der Waals surface area contributed by atoms with E-state index in [1.807, 2.05) is 12.4 Å². The maximum Gasteiger partial charge on any atom is 0.122 e. The highest BCUT2D eigenvalue weighted by atomic mass is 15.0. The molecule has 3 heteroatoms. The second kappa shape index (κ2) is 6.04. The zero-order chi connectivity index (χ0) is 11.2. The van der Waals surface area contributed by atoms with E-state index < -0.39 is 0 Å². The van der Waals surface area contributed by atoms with E-state index in [0.29, 0.717) is 6.04 Å². The van der Waals surface area contributed by atoms with Crippen LogP contribution in [0.3, 0.4) is 0 Å². The first kappa shape index (κ1) is 11.6. The Kier molecular flexibility index (Phi) is 4.40. The molecule has 1 fully saturated rings. The van der Waals surface area contributed by atoms with Crippen molar-refractivity contribution in [3.8, 4) is 0 Å². The molecule has 2 rings (SSSR count). The highest BCUT2D eigenvalue weighted by molar-refractivity contribution is 4.93. The van der Waals surface area contributed by atoms with Crippen LogP contribution in [0, 0.1) is 5.92 Å². The Morgan fingerprint density at radius 3 is 2.75 bits per heavy atom. The molecule has 1 aliphatic rings. The van der Waals surface area contributed by atoms with Crippen molar-refractivity contribution in [2.45, 2.75) is 51.5 Å². The van der Waals surface area contributed by atoms with Gasteiger partial charge in [0.2, 0.25) is 0 Å². The van der Waals surface area contributed by atoms with Crippen LogP contribution < -0.4 is 5.32 Å². The number of hydrogen-bond acceptors (Lipinski definition) is 2. The van der Waals surface area contributed by atoms with Crippen molar-refractivity contribution < 1.29 is 0 Å². The predicted molar refractivity (Wildman–Crippen MR) is 66.2 cm³/mol. The van der Waals surface area contributed by atoms with Gasteiger partial charge in [-0.1, -0.05) is 25.7 Å². The van der Waals surface area contributed by atoms with Gasteiger partial charge in [0.1, 0.15) is 5.82 Å². The number of aromatic nitrogens is 2. The van der Waals surface area contributed by atoms with Crippen molar-refractivity contribution in [3.63, 3.8) is 0 Å². The van der Waals surface area contributed by atoms with Crippen LogP contribution in [-0.2, 0) is 0 Å². The van der Waals surface area contributed by atoms with E-state index in [1.54, 1.807) is 0 Å². The van der Waals surface area contributed by atoms with Crippen LogP contribution in [0.2, 0.25) is 0 Å². The van der Waals surface area contributed by atoms with E-state index in [-0.39, 0.29) is 0 Å². The summed E-state index contributed by atoms with van der Waals surface area (Å²) in [5.74, 6) is 1.92. The lowest BCUT2D eigenvalue weighted by atomic mass is 10.0. The normalized spacial score (nSPS) is 20.6. The summed E-state index contributed by atoms with van der Waals surface area (Å²) in [7, 11) is 0. The molecule has 0 saturated heterocycles. The molecule has 1 aromatic heterocycles. The van der Waals surface area contributed by atoms with E-state index >= 15 is 0 Å². The highest BCUT2D eigenvalue weighted by Crippen LogP contribution is 2.22. The molecular formula is C13H23N3. The summed E-state index contributed by atoms with van der Waals surface area (Å²) >= 11 is 0.